The fourth-order valence-electron chi connectivity index (χ4n) is 5.59. The summed E-state index contributed by atoms with van der Waals surface area (Å²) in [5.41, 5.74) is 1.18. The minimum atomic E-state index is -0.636. The van der Waals surface area contributed by atoms with Gasteiger partial charge in [0.15, 0.2) is 5.82 Å². The monoisotopic (exact) mass is 495 g/mol. The molecule has 2 aromatic rings. The summed E-state index contributed by atoms with van der Waals surface area (Å²) in [5.74, 6) is 0.638. The summed E-state index contributed by atoms with van der Waals surface area (Å²) in [6.45, 7) is 3.84. The number of carbonyl (C=O) groups is 1. The molecule has 35 heavy (non-hydrogen) atoms. The third-order valence-electron chi connectivity index (χ3n) is 7.83. The first-order chi connectivity index (χ1) is 17.0. The molecular formula is C27H31ClFN5O. The molecule has 1 aliphatic carbocycles. The van der Waals surface area contributed by atoms with Gasteiger partial charge in [-0.1, -0.05) is 48.0 Å². The molecular weight excluding hydrogens is 465 g/mol. The first-order valence-electron chi connectivity index (χ1n) is 12.4. The van der Waals surface area contributed by atoms with Crippen molar-refractivity contribution in [3.05, 3.63) is 64.9 Å². The Labute approximate surface area is 211 Å². The minimum absolute atomic E-state index is 0.0279. The van der Waals surface area contributed by atoms with Crippen molar-refractivity contribution in [3.8, 4) is 6.07 Å². The van der Waals surface area contributed by atoms with E-state index in [1.165, 1.54) is 24.1 Å². The highest BCUT2D eigenvalue weighted by Crippen LogP contribution is 2.41. The summed E-state index contributed by atoms with van der Waals surface area (Å²) in [6.07, 6.45) is 3.77. The molecule has 2 aliphatic heterocycles. The number of piperidine rings is 1. The molecule has 184 valence electrons. The van der Waals surface area contributed by atoms with Crippen LogP contribution in [0.15, 0.2) is 48.5 Å². The first-order valence-corrected chi connectivity index (χ1v) is 12.8. The van der Waals surface area contributed by atoms with Crippen molar-refractivity contribution in [1.82, 2.24) is 15.1 Å². The zero-order chi connectivity index (χ0) is 24.4. The van der Waals surface area contributed by atoms with Crippen molar-refractivity contribution in [1.29, 1.82) is 5.26 Å². The number of amides is 2. The van der Waals surface area contributed by atoms with Crippen molar-refractivity contribution < 1.29 is 9.18 Å². The van der Waals surface area contributed by atoms with Crippen LogP contribution in [0, 0.1) is 23.1 Å². The SMILES string of the molecule is N#CCC1(N2CCC(CN[C@@H]3C[C@H]3c3ccccc3)CC2)CN(C(=O)Nc2cccc(Cl)c2F)C1. The molecule has 1 saturated carbocycles. The molecule has 2 N–H and O–H groups in total. The summed E-state index contributed by atoms with van der Waals surface area (Å²) in [4.78, 5) is 16.7. The number of anilines is 1. The molecule has 2 atom stereocenters. The Morgan fingerprint density at radius 2 is 1.89 bits per heavy atom. The van der Waals surface area contributed by atoms with Crippen LogP contribution in [-0.4, -0.2) is 60.1 Å². The highest BCUT2D eigenvalue weighted by Gasteiger charge is 2.50. The van der Waals surface area contributed by atoms with Gasteiger partial charge in [0.05, 0.1) is 28.7 Å². The number of nitrogens with zero attached hydrogens (tertiary/aromatic N) is 3. The molecule has 0 aromatic heterocycles. The Morgan fingerprint density at radius 1 is 1.14 bits per heavy atom. The summed E-state index contributed by atoms with van der Waals surface area (Å²) in [5, 5.41) is 15.8. The van der Waals surface area contributed by atoms with Gasteiger partial charge in [0.2, 0.25) is 0 Å². The van der Waals surface area contributed by atoms with Crippen molar-refractivity contribution in [2.75, 3.05) is 38.0 Å². The Morgan fingerprint density at radius 3 is 2.60 bits per heavy atom. The predicted molar refractivity (Wildman–Crippen MR) is 135 cm³/mol. The van der Waals surface area contributed by atoms with E-state index in [4.69, 9.17) is 11.6 Å². The van der Waals surface area contributed by atoms with Gasteiger partial charge in [-0.3, -0.25) is 4.90 Å². The fourth-order valence-corrected chi connectivity index (χ4v) is 5.77. The average molecular weight is 496 g/mol. The van der Waals surface area contributed by atoms with Crippen LogP contribution < -0.4 is 10.6 Å². The number of nitriles is 1. The zero-order valence-corrected chi connectivity index (χ0v) is 20.5. The third-order valence-corrected chi connectivity index (χ3v) is 8.12. The van der Waals surface area contributed by atoms with Gasteiger partial charge >= 0.3 is 6.03 Å². The maximum absolute atomic E-state index is 14.2. The molecule has 0 unspecified atom stereocenters. The molecule has 2 aromatic carbocycles. The predicted octanol–water partition coefficient (Wildman–Crippen LogP) is 4.84. The third kappa shape index (κ3) is 5.16. The number of carbonyl (C=O) groups excluding carboxylic acids is 1. The van der Waals surface area contributed by atoms with Gasteiger partial charge < -0.3 is 15.5 Å². The molecule has 0 spiro atoms. The van der Waals surface area contributed by atoms with Crippen LogP contribution in [0.3, 0.4) is 0 Å². The topological polar surface area (TPSA) is 71.4 Å². The lowest BCUT2D eigenvalue weighted by Crippen LogP contribution is -2.72. The molecule has 0 bridgehead atoms. The van der Waals surface area contributed by atoms with Gasteiger partial charge in [-0.15, -0.1) is 0 Å². The molecule has 2 saturated heterocycles. The Hall–Kier alpha value is -2.66. The lowest BCUT2D eigenvalue weighted by molar-refractivity contribution is -0.0432. The number of hydrogen-bond donors (Lipinski definition) is 2. The molecule has 2 heterocycles. The van der Waals surface area contributed by atoms with Crippen molar-refractivity contribution >= 4 is 23.3 Å². The summed E-state index contributed by atoms with van der Waals surface area (Å²) in [6, 6.07) is 17.8. The van der Waals surface area contributed by atoms with Crippen LogP contribution >= 0.6 is 11.6 Å². The summed E-state index contributed by atoms with van der Waals surface area (Å²) < 4.78 is 14.2. The van der Waals surface area contributed by atoms with E-state index in [9.17, 15) is 14.4 Å². The Balaban J connectivity index is 1.09. The fraction of sp³-hybridized carbons (Fsp3) is 0.481. The van der Waals surface area contributed by atoms with Gasteiger partial charge in [0.1, 0.15) is 0 Å². The average Bonchev–Trinajstić information content (AvgIpc) is 3.63. The second kappa shape index (κ2) is 10.1. The number of rotatable bonds is 7. The number of urea groups is 1. The van der Waals surface area contributed by atoms with Crippen LogP contribution in [0.2, 0.25) is 5.02 Å². The zero-order valence-electron chi connectivity index (χ0n) is 19.7. The molecule has 3 aliphatic rings. The van der Waals surface area contributed by atoms with Crippen molar-refractivity contribution in [2.45, 2.75) is 43.2 Å². The van der Waals surface area contributed by atoms with Crippen LogP contribution in [0.4, 0.5) is 14.9 Å². The van der Waals surface area contributed by atoms with Crippen LogP contribution in [0.5, 0.6) is 0 Å². The van der Waals surface area contributed by atoms with Gasteiger partial charge in [0, 0.05) is 25.0 Å². The van der Waals surface area contributed by atoms with E-state index in [0.717, 1.165) is 32.5 Å². The van der Waals surface area contributed by atoms with E-state index >= 15 is 0 Å². The highest BCUT2D eigenvalue weighted by atomic mass is 35.5. The molecule has 6 nitrogen and oxygen atoms in total. The quantitative estimate of drug-likeness (QED) is 0.576. The van der Waals surface area contributed by atoms with E-state index in [2.05, 4.69) is 51.9 Å². The van der Waals surface area contributed by atoms with Crippen LogP contribution in [0.25, 0.3) is 0 Å². The van der Waals surface area contributed by atoms with E-state index in [-0.39, 0.29) is 22.3 Å². The van der Waals surface area contributed by atoms with E-state index in [1.807, 2.05) is 0 Å². The number of nitrogens with one attached hydrogen (secondary N) is 2. The van der Waals surface area contributed by atoms with Gasteiger partial charge in [-0.25, -0.2) is 9.18 Å². The van der Waals surface area contributed by atoms with E-state index in [1.54, 1.807) is 11.0 Å². The Kier molecular flexibility index (Phi) is 6.97. The summed E-state index contributed by atoms with van der Waals surface area (Å²) >= 11 is 5.82. The molecule has 3 fully saturated rings. The van der Waals surface area contributed by atoms with Crippen molar-refractivity contribution in [2.24, 2.45) is 5.92 Å². The van der Waals surface area contributed by atoms with Gasteiger partial charge in [0.25, 0.3) is 0 Å². The maximum Gasteiger partial charge on any atom is 0.322 e. The second-order valence-corrected chi connectivity index (χ2v) is 10.6. The van der Waals surface area contributed by atoms with Crippen LogP contribution in [0.1, 0.15) is 37.2 Å². The first kappa shape index (κ1) is 24.1. The molecule has 2 amide bonds. The maximum atomic E-state index is 14.2. The minimum Gasteiger partial charge on any atom is -0.321 e. The van der Waals surface area contributed by atoms with E-state index < -0.39 is 5.82 Å². The van der Waals surface area contributed by atoms with Crippen molar-refractivity contribution in [3.63, 3.8) is 0 Å². The largest absolute Gasteiger partial charge is 0.322 e. The second-order valence-electron chi connectivity index (χ2n) is 10.1. The lowest BCUT2D eigenvalue weighted by atomic mass is 9.82. The molecule has 0 radical (unpaired) electrons. The standard InChI is InChI=1S/C27H31ClFN5O/c28-22-7-4-8-23(25(22)29)32-26(35)33-17-27(18-33,11-12-30)34-13-9-19(10-14-34)16-31-24-15-21(24)20-5-2-1-3-6-20/h1-8,19,21,24,31H,9-11,13-18H2,(H,32,35)/t21-,24+/m0/s1. The number of halogens is 2. The van der Waals surface area contributed by atoms with Gasteiger partial charge in [-0.2, -0.15) is 5.26 Å². The molecule has 5 rings (SSSR count). The number of likely N-dealkylation sites (tertiary alicyclic amines) is 2. The Bertz CT molecular complexity index is 1090. The molecule has 8 heteroatoms. The van der Waals surface area contributed by atoms with E-state index in [0.29, 0.717) is 37.4 Å². The van der Waals surface area contributed by atoms with Gasteiger partial charge in [-0.05, 0) is 62.5 Å². The van der Waals surface area contributed by atoms with Crippen LogP contribution in [-0.2, 0) is 0 Å². The summed E-state index contributed by atoms with van der Waals surface area (Å²) in [7, 11) is 0. The lowest BCUT2D eigenvalue weighted by Gasteiger charge is -2.56. The number of hydrogen-bond acceptors (Lipinski definition) is 4. The highest BCUT2D eigenvalue weighted by molar-refractivity contribution is 6.31. The smallest absolute Gasteiger partial charge is 0.321 e. The number of benzene rings is 2. The normalized spacial score (nSPS) is 23.9.